The lowest BCUT2D eigenvalue weighted by atomic mass is 10.2. The molecule has 0 aliphatic carbocycles. The van der Waals surface area contributed by atoms with Crippen molar-refractivity contribution in [3.05, 3.63) is 39.5 Å². The number of thiophene rings is 1. The van der Waals surface area contributed by atoms with Crippen LogP contribution < -0.4 is 16.8 Å². The van der Waals surface area contributed by atoms with Crippen LogP contribution in [0.1, 0.15) is 23.7 Å². The van der Waals surface area contributed by atoms with Gasteiger partial charge < -0.3 is 0 Å². The number of nitrogens with zero attached hydrogens (tertiary/aromatic N) is 2. The molecule has 0 aliphatic rings. The fourth-order valence-electron chi connectivity index (χ4n) is 1.69. The SMILES string of the molecule is CCCn1nc(-c2cccs2)cc(C(=O)NN)c1=O. The molecule has 0 aliphatic heterocycles. The number of nitrogen functional groups attached to an aromatic ring is 1. The lowest BCUT2D eigenvalue weighted by Crippen LogP contribution is -2.37. The highest BCUT2D eigenvalue weighted by Crippen LogP contribution is 2.22. The van der Waals surface area contributed by atoms with Crippen LogP contribution in [0.4, 0.5) is 0 Å². The first-order chi connectivity index (χ1) is 9.17. The maximum atomic E-state index is 12.1. The van der Waals surface area contributed by atoms with Crippen molar-refractivity contribution in [3.8, 4) is 10.6 Å². The van der Waals surface area contributed by atoms with E-state index < -0.39 is 11.5 Å². The minimum absolute atomic E-state index is 0.00866. The van der Waals surface area contributed by atoms with Crippen LogP contribution in [0.5, 0.6) is 0 Å². The molecule has 0 fully saturated rings. The molecule has 0 radical (unpaired) electrons. The molecule has 0 bridgehead atoms. The molecule has 2 heterocycles. The van der Waals surface area contributed by atoms with Gasteiger partial charge in [0, 0.05) is 6.54 Å². The van der Waals surface area contributed by atoms with Crippen molar-refractivity contribution in [2.75, 3.05) is 0 Å². The third-order valence-electron chi connectivity index (χ3n) is 2.56. The number of aromatic nitrogens is 2. The lowest BCUT2D eigenvalue weighted by Gasteiger charge is -2.08. The van der Waals surface area contributed by atoms with E-state index in [1.54, 1.807) is 0 Å². The summed E-state index contributed by atoms with van der Waals surface area (Å²) in [5, 5.41) is 6.19. The van der Waals surface area contributed by atoms with Crippen molar-refractivity contribution in [3.63, 3.8) is 0 Å². The number of aryl methyl sites for hydroxylation is 1. The summed E-state index contributed by atoms with van der Waals surface area (Å²) in [6.45, 7) is 2.40. The van der Waals surface area contributed by atoms with Gasteiger partial charge >= 0.3 is 0 Å². The van der Waals surface area contributed by atoms with Gasteiger partial charge in [-0.1, -0.05) is 13.0 Å². The predicted molar refractivity (Wildman–Crippen MR) is 73.8 cm³/mol. The molecule has 7 heteroatoms. The second-order valence-electron chi connectivity index (χ2n) is 3.92. The average molecular weight is 278 g/mol. The van der Waals surface area contributed by atoms with E-state index in [1.165, 1.54) is 22.1 Å². The fourth-order valence-corrected chi connectivity index (χ4v) is 2.37. The summed E-state index contributed by atoms with van der Waals surface area (Å²) >= 11 is 1.50. The first kappa shape index (κ1) is 13.4. The number of nitrogens with two attached hydrogens (primary N) is 1. The Hall–Kier alpha value is -1.99. The van der Waals surface area contributed by atoms with Gasteiger partial charge in [-0.05, 0) is 23.9 Å². The Kier molecular flexibility index (Phi) is 4.08. The van der Waals surface area contributed by atoms with Gasteiger partial charge in [-0.3, -0.25) is 15.0 Å². The molecule has 2 aromatic rings. The smallest absolute Gasteiger partial charge is 0.279 e. The Labute approximate surface area is 113 Å². The zero-order chi connectivity index (χ0) is 13.8. The summed E-state index contributed by atoms with van der Waals surface area (Å²) < 4.78 is 1.31. The quantitative estimate of drug-likeness (QED) is 0.495. The van der Waals surface area contributed by atoms with E-state index in [-0.39, 0.29) is 5.56 Å². The molecule has 6 nitrogen and oxygen atoms in total. The zero-order valence-electron chi connectivity index (χ0n) is 10.4. The molecular formula is C12H14N4O2S. The maximum absolute atomic E-state index is 12.1. The molecule has 2 rings (SSSR count). The van der Waals surface area contributed by atoms with E-state index in [1.807, 2.05) is 29.9 Å². The van der Waals surface area contributed by atoms with Crippen LogP contribution in [0.25, 0.3) is 10.6 Å². The van der Waals surface area contributed by atoms with Gasteiger partial charge in [-0.25, -0.2) is 10.5 Å². The van der Waals surface area contributed by atoms with Gasteiger partial charge in [-0.2, -0.15) is 5.10 Å². The Bertz CT molecular complexity index is 634. The molecule has 1 amide bonds. The molecular weight excluding hydrogens is 264 g/mol. The summed E-state index contributed by atoms with van der Waals surface area (Å²) in [4.78, 5) is 24.6. The van der Waals surface area contributed by atoms with Crippen LogP contribution in [-0.2, 0) is 6.54 Å². The lowest BCUT2D eigenvalue weighted by molar-refractivity contribution is 0.0951. The fraction of sp³-hybridized carbons (Fsp3) is 0.250. The van der Waals surface area contributed by atoms with E-state index in [0.717, 1.165) is 11.3 Å². The van der Waals surface area contributed by atoms with Crippen molar-refractivity contribution < 1.29 is 4.79 Å². The predicted octanol–water partition coefficient (Wildman–Crippen LogP) is 0.985. The second kappa shape index (κ2) is 5.77. The zero-order valence-corrected chi connectivity index (χ0v) is 11.2. The highest BCUT2D eigenvalue weighted by atomic mass is 32.1. The van der Waals surface area contributed by atoms with Crippen molar-refractivity contribution in [2.45, 2.75) is 19.9 Å². The normalized spacial score (nSPS) is 10.4. The van der Waals surface area contributed by atoms with Gasteiger partial charge in [0.15, 0.2) is 0 Å². The van der Waals surface area contributed by atoms with Gasteiger partial charge in [-0.15, -0.1) is 11.3 Å². The summed E-state index contributed by atoms with van der Waals surface area (Å²) in [6, 6.07) is 5.25. The Morgan fingerprint density at radius 3 is 2.95 bits per heavy atom. The third-order valence-corrected chi connectivity index (χ3v) is 3.45. The van der Waals surface area contributed by atoms with Crippen LogP contribution in [0.15, 0.2) is 28.4 Å². The summed E-state index contributed by atoms with van der Waals surface area (Å²) in [6.07, 6.45) is 0.754. The Morgan fingerprint density at radius 1 is 1.58 bits per heavy atom. The molecule has 3 N–H and O–H groups in total. The molecule has 0 atom stereocenters. The number of hydrogen-bond donors (Lipinski definition) is 2. The monoisotopic (exact) mass is 278 g/mol. The van der Waals surface area contributed by atoms with Crippen LogP contribution in [0.2, 0.25) is 0 Å². The van der Waals surface area contributed by atoms with E-state index in [2.05, 4.69) is 5.10 Å². The third kappa shape index (κ3) is 2.72. The Morgan fingerprint density at radius 2 is 2.37 bits per heavy atom. The van der Waals surface area contributed by atoms with E-state index in [0.29, 0.717) is 12.2 Å². The maximum Gasteiger partial charge on any atom is 0.279 e. The Balaban J connectivity index is 2.60. The van der Waals surface area contributed by atoms with Crippen molar-refractivity contribution in [1.29, 1.82) is 0 Å². The van der Waals surface area contributed by atoms with Gasteiger partial charge in [0.2, 0.25) is 0 Å². The highest BCUT2D eigenvalue weighted by Gasteiger charge is 2.15. The van der Waals surface area contributed by atoms with Crippen LogP contribution in [-0.4, -0.2) is 15.7 Å². The average Bonchev–Trinajstić information content (AvgIpc) is 2.94. The minimum atomic E-state index is -0.602. The van der Waals surface area contributed by atoms with Crippen LogP contribution in [0.3, 0.4) is 0 Å². The largest absolute Gasteiger partial charge is 0.290 e. The van der Waals surface area contributed by atoms with E-state index >= 15 is 0 Å². The molecule has 0 spiro atoms. The second-order valence-corrected chi connectivity index (χ2v) is 4.87. The first-order valence-electron chi connectivity index (χ1n) is 5.84. The number of nitrogens with one attached hydrogen (secondary N) is 1. The molecule has 0 aromatic carbocycles. The summed E-state index contributed by atoms with van der Waals surface area (Å²) in [5.41, 5.74) is 2.17. The van der Waals surface area contributed by atoms with Crippen LogP contribution in [0, 0.1) is 0 Å². The standard InChI is InChI=1S/C12H14N4O2S/c1-2-5-16-12(18)8(11(17)14-13)7-9(15-16)10-4-3-6-19-10/h3-4,6-7H,2,5,13H2,1H3,(H,14,17). The number of rotatable bonds is 4. The minimum Gasteiger partial charge on any atom is -0.290 e. The molecule has 0 saturated heterocycles. The van der Waals surface area contributed by atoms with Crippen LogP contribution >= 0.6 is 11.3 Å². The van der Waals surface area contributed by atoms with Gasteiger partial charge in [0.25, 0.3) is 11.5 Å². The molecule has 0 unspecified atom stereocenters. The number of hydrazine groups is 1. The molecule has 2 aromatic heterocycles. The van der Waals surface area contributed by atoms with E-state index in [4.69, 9.17) is 5.84 Å². The number of carbonyl (C=O) groups excluding carboxylic acids is 1. The number of amides is 1. The van der Waals surface area contributed by atoms with Gasteiger partial charge in [0.05, 0.1) is 4.88 Å². The molecule has 0 saturated carbocycles. The first-order valence-corrected chi connectivity index (χ1v) is 6.72. The molecule has 100 valence electrons. The van der Waals surface area contributed by atoms with Crippen molar-refractivity contribution >= 4 is 17.2 Å². The summed E-state index contributed by atoms with van der Waals surface area (Å²) in [7, 11) is 0. The van der Waals surface area contributed by atoms with Gasteiger partial charge in [0.1, 0.15) is 11.3 Å². The number of hydrogen-bond acceptors (Lipinski definition) is 5. The molecule has 19 heavy (non-hydrogen) atoms. The highest BCUT2D eigenvalue weighted by molar-refractivity contribution is 7.13. The van der Waals surface area contributed by atoms with E-state index in [9.17, 15) is 9.59 Å². The topological polar surface area (TPSA) is 90.0 Å². The summed E-state index contributed by atoms with van der Waals surface area (Å²) in [5.74, 6) is 4.50. The number of carbonyl (C=O) groups is 1. The van der Waals surface area contributed by atoms with Crippen molar-refractivity contribution in [2.24, 2.45) is 5.84 Å². The van der Waals surface area contributed by atoms with Crippen molar-refractivity contribution in [1.82, 2.24) is 15.2 Å².